The second kappa shape index (κ2) is 5.10. The maximum absolute atomic E-state index is 6.25. The maximum Gasteiger partial charge on any atom is 0.126 e. The third-order valence-electron chi connectivity index (χ3n) is 4.20. The van der Waals surface area contributed by atoms with Gasteiger partial charge in [-0.3, -0.25) is 0 Å². The third kappa shape index (κ3) is 2.24. The van der Waals surface area contributed by atoms with Crippen LogP contribution in [0, 0.1) is 0 Å². The number of hydrogen-bond acceptors (Lipinski definition) is 2. The summed E-state index contributed by atoms with van der Waals surface area (Å²) in [5, 5.41) is 0.843. The number of halogens is 1. The Morgan fingerprint density at radius 3 is 2.72 bits per heavy atom. The molecule has 1 aliphatic heterocycles. The Bertz CT molecular complexity index is 440. The van der Waals surface area contributed by atoms with Gasteiger partial charge in [-0.1, -0.05) is 30.9 Å². The van der Waals surface area contributed by atoms with E-state index in [1.165, 1.54) is 43.2 Å². The van der Waals surface area contributed by atoms with E-state index in [9.17, 15) is 0 Å². The van der Waals surface area contributed by atoms with Gasteiger partial charge in [0.2, 0.25) is 0 Å². The van der Waals surface area contributed by atoms with Gasteiger partial charge >= 0.3 is 0 Å². The first-order valence-electron chi connectivity index (χ1n) is 6.97. The lowest BCUT2D eigenvalue weighted by molar-refractivity contribution is 0.237. The van der Waals surface area contributed by atoms with Crippen LogP contribution >= 0.6 is 11.6 Å². The van der Waals surface area contributed by atoms with Gasteiger partial charge in [-0.05, 0) is 42.0 Å². The maximum atomic E-state index is 6.25. The molecule has 1 unspecified atom stereocenters. The molecule has 0 bridgehead atoms. The number of hydrogen-bond donors (Lipinski definition) is 1. The summed E-state index contributed by atoms with van der Waals surface area (Å²) in [5.74, 6) is 1.71. The molecule has 0 aromatic heterocycles. The van der Waals surface area contributed by atoms with Crippen molar-refractivity contribution in [2.45, 2.75) is 50.5 Å². The second-order valence-electron chi connectivity index (χ2n) is 5.50. The van der Waals surface area contributed by atoms with E-state index in [4.69, 9.17) is 22.1 Å². The number of ether oxygens (including phenoxy) is 1. The Morgan fingerprint density at radius 2 is 2.00 bits per heavy atom. The van der Waals surface area contributed by atoms with Gasteiger partial charge in [0.05, 0.1) is 0 Å². The van der Waals surface area contributed by atoms with Crippen LogP contribution in [-0.2, 0) is 6.42 Å². The summed E-state index contributed by atoms with van der Waals surface area (Å²) in [4.78, 5) is 0. The number of benzene rings is 1. The molecule has 1 aromatic carbocycles. The Labute approximate surface area is 113 Å². The van der Waals surface area contributed by atoms with Crippen LogP contribution in [0.2, 0.25) is 5.02 Å². The molecule has 3 heteroatoms. The number of rotatable bonds is 2. The van der Waals surface area contributed by atoms with Crippen LogP contribution in [0.15, 0.2) is 12.1 Å². The number of fused-ring (bicyclic) bond motifs is 1. The minimum Gasteiger partial charge on any atom is -0.488 e. The second-order valence-corrected chi connectivity index (χ2v) is 5.93. The zero-order chi connectivity index (χ0) is 12.5. The first-order valence-corrected chi connectivity index (χ1v) is 7.34. The lowest BCUT2D eigenvalue weighted by Gasteiger charge is -2.24. The normalized spacial score (nSPS) is 23.8. The van der Waals surface area contributed by atoms with Crippen molar-refractivity contribution >= 4 is 11.6 Å². The van der Waals surface area contributed by atoms with Crippen LogP contribution in [0.1, 0.15) is 49.1 Å². The summed E-state index contributed by atoms with van der Waals surface area (Å²) in [5.41, 5.74) is 8.30. The lowest BCUT2D eigenvalue weighted by atomic mass is 9.83. The van der Waals surface area contributed by atoms with Crippen LogP contribution in [0.3, 0.4) is 0 Å². The van der Waals surface area contributed by atoms with E-state index in [0.29, 0.717) is 12.5 Å². The van der Waals surface area contributed by atoms with Crippen LogP contribution in [0.4, 0.5) is 0 Å². The number of nitrogens with two attached hydrogens (primary N) is 1. The van der Waals surface area contributed by atoms with E-state index in [1.54, 1.807) is 0 Å². The first kappa shape index (κ1) is 12.3. The van der Waals surface area contributed by atoms with Crippen LogP contribution in [0.25, 0.3) is 0 Å². The molecule has 0 saturated heterocycles. The van der Waals surface area contributed by atoms with Gasteiger partial charge in [0.25, 0.3) is 0 Å². The molecule has 2 aliphatic rings. The molecule has 0 radical (unpaired) electrons. The predicted octanol–water partition coefficient (Wildman–Crippen LogP) is 3.65. The fourth-order valence-corrected chi connectivity index (χ4v) is 3.52. The van der Waals surface area contributed by atoms with E-state index in [-0.39, 0.29) is 6.10 Å². The quantitative estimate of drug-likeness (QED) is 0.886. The SMILES string of the molecule is NCC1Cc2cc(Cl)cc(C3CCCCC3)c2O1. The minimum atomic E-state index is 0.140. The van der Waals surface area contributed by atoms with Crippen molar-refractivity contribution in [2.24, 2.45) is 5.73 Å². The smallest absolute Gasteiger partial charge is 0.126 e. The van der Waals surface area contributed by atoms with Crippen molar-refractivity contribution < 1.29 is 4.74 Å². The van der Waals surface area contributed by atoms with Gasteiger partial charge in [0.1, 0.15) is 11.9 Å². The highest BCUT2D eigenvalue weighted by Gasteiger charge is 2.28. The fourth-order valence-electron chi connectivity index (χ4n) is 3.27. The van der Waals surface area contributed by atoms with E-state index < -0.39 is 0 Å². The molecule has 1 fully saturated rings. The molecule has 0 amide bonds. The van der Waals surface area contributed by atoms with Crippen LogP contribution in [-0.4, -0.2) is 12.6 Å². The van der Waals surface area contributed by atoms with E-state index in [1.807, 2.05) is 6.07 Å². The Morgan fingerprint density at radius 1 is 1.22 bits per heavy atom. The molecule has 3 rings (SSSR count). The summed E-state index contributed by atoms with van der Waals surface area (Å²) in [6, 6.07) is 4.15. The summed E-state index contributed by atoms with van der Waals surface area (Å²) in [7, 11) is 0. The van der Waals surface area contributed by atoms with Gasteiger partial charge in [-0.25, -0.2) is 0 Å². The third-order valence-corrected chi connectivity index (χ3v) is 4.42. The molecule has 2 nitrogen and oxygen atoms in total. The molecule has 2 N–H and O–H groups in total. The molecule has 0 spiro atoms. The monoisotopic (exact) mass is 265 g/mol. The Hall–Kier alpha value is -0.730. The first-order chi connectivity index (χ1) is 8.78. The van der Waals surface area contributed by atoms with E-state index in [0.717, 1.165) is 17.2 Å². The van der Waals surface area contributed by atoms with Crippen LogP contribution in [0.5, 0.6) is 5.75 Å². The summed E-state index contributed by atoms with van der Waals surface area (Å²) >= 11 is 6.25. The molecular weight excluding hydrogens is 246 g/mol. The fraction of sp³-hybridized carbons (Fsp3) is 0.600. The molecule has 18 heavy (non-hydrogen) atoms. The van der Waals surface area contributed by atoms with Gasteiger partial charge in [0, 0.05) is 18.0 Å². The largest absolute Gasteiger partial charge is 0.488 e. The van der Waals surface area contributed by atoms with Gasteiger partial charge in [-0.15, -0.1) is 0 Å². The molecule has 1 heterocycles. The van der Waals surface area contributed by atoms with Crippen molar-refractivity contribution in [3.05, 3.63) is 28.3 Å². The van der Waals surface area contributed by atoms with Gasteiger partial charge < -0.3 is 10.5 Å². The van der Waals surface area contributed by atoms with Gasteiger partial charge in [-0.2, -0.15) is 0 Å². The topological polar surface area (TPSA) is 35.2 Å². The van der Waals surface area contributed by atoms with Crippen molar-refractivity contribution in [3.63, 3.8) is 0 Å². The summed E-state index contributed by atoms with van der Waals surface area (Å²) < 4.78 is 6.01. The summed E-state index contributed by atoms with van der Waals surface area (Å²) in [6.07, 6.45) is 7.60. The molecule has 98 valence electrons. The van der Waals surface area contributed by atoms with E-state index >= 15 is 0 Å². The highest BCUT2D eigenvalue weighted by atomic mass is 35.5. The standard InChI is InChI=1S/C15H20ClNO/c16-12-6-11-7-13(9-17)18-15(11)14(8-12)10-4-2-1-3-5-10/h6,8,10,13H,1-5,7,9,17H2. The highest BCUT2D eigenvalue weighted by Crippen LogP contribution is 2.43. The Balaban J connectivity index is 1.94. The Kier molecular flexibility index (Phi) is 3.49. The van der Waals surface area contributed by atoms with Crippen molar-refractivity contribution in [2.75, 3.05) is 6.54 Å². The molecule has 1 saturated carbocycles. The van der Waals surface area contributed by atoms with Crippen molar-refractivity contribution in [3.8, 4) is 5.75 Å². The molecular formula is C15H20ClNO. The minimum absolute atomic E-state index is 0.140. The van der Waals surface area contributed by atoms with E-state index in [2.05, 4.69) is 6.07 Å². The molecule has 1 aliphatic carbocycles. The van der Waals surface area contributed by atoms with Crippen molar-refractivity contribution in [1.82, 2.24) is 0 Å². The predicted molar refractivity (Wildman–Crippen MR) is 74.5 cm³/mol. The zero-order valence-corrected chi connectivity index (χ0v) is 11.4. The average Bonchev–Trinajstić information content (AvgIpc) is 2.81. The lowest BCUT2D eigenvalue weighted by Crippen LogP contribution is -2.24. The molecule has 1 aromatic rings. The zero-order valence-electron chi connectivity index (χ0n) is 10.6. The average molecular weight is 266 g/mol. The van der Waals surface area contributed by atoms with Gasteiger partial charge in [0.15, 0.2) is 0 Å². The van der Waals surface area contributed by atoms with Crippen molar-refractivity contribution in [1.29, 1.82) is 0 Å². The highest BCUT2D eigenvalue weighted by molar-refractivity contribution is 6.30. The summed E-state index contributed by atoms with van der Waals surface area (Å²) in [6.45, 7) is 0.580. The van der Waals surface area contributed by atoms with Crippen LogP contribution < -0.4 is 10.5 Å². The molecule has 1 atom stereocenters.